The molecular weight excluding hydrogens is 594 g/mol. The molecule has 0 saturated carbocycles. The number of benzene rings is 5. The summed E-state index contributed by atoms with van der Waals surface area (Å²) in [5.74, 6) is -0.00326. The Kier molecular flexibility index (Phi) is 6.18. The van der Waals surface area contributed by atoms with Crippen molar-refractivity contribution in [1.29, 1.82) is 5.26 Å². The van der Waals surface area contributed by atoms with Gasteiger partial charge in [-0.15, -0.1) is 0 Å². The predicted octanol–water partition coefficient (Wildman–Crippen LogP) is 6.91. The molecule has 0 atom stereocenters. The normalized spacial score (nSPS) is 17.5. The lowest BCUT2D eigenvalue weighted by Gasteiger charge is -2.38. The molecule has 1 heterocycles. The van der Waals surface area contributed by atoms with Crippen molar-refractivity contribution in [1.82, 2.24) is 0 Å². The van der Waals surface area contributed by atoms with Crippen molar-refractivity contribution >= 4 is 61.2 Å². The lowest BCUT2D eigenvalue weighted by molar-refractivity contribution is -0.463. The van der Waals surface area contributed by atoms with Crippen molar-refractivity contribution in [2.24, 2.45) is 0 Å². The van der Waals surface area contributed by atoms with Crippen molar-refractivity contribution in [3.05, 3.63) is 141 Å². The van der Waals surface area contributed by atoms with Gasteiger partial charge < -0.3 is 26.4 Å². The first-order valence-corrected chi connectivity index (χ1v) is 15.6. The van der Waals surface area contributed by atoms with E-state index in [4.69, 9.17) is 18.0 Å². The van der Waals surface area contributed by atoms with E-state index in [9.17, 15) is 10.4 Å². The molecule has 8 nitrogen and oxygen atoms in total. The molecule has 5 aromatic rings. The molecular formula is C40H32N7O+. The van der Waals surface area contributed by atoms with Crippen molar-refractivity contribution in [2.45, 2.75) is 0 Å². The third-order valence-electron chi connectivity index (χ3n) is 9.80. The van der Waals surface area contributed by atoms with Crippen molar-refractivity contribution in [3.63, 3.8) is 0 Å². The highest BCUT2D eigenvalue weighted by Gasteiger charge is 2.43. The molecule has 0 radical (unpaired) electrons. The van der Waals surface area contributed by atoms with Crippen LogP contribution in [0.25, 0.3) is 37.5 Å². The van der Waals surface area contributed by atoms with E-state index in [0.29, 0.717) is 45.9 Å². The minimum Gasteiger partial charge on any atom is -0.507 e. The number of rotatable bonds is 1. The van der Waals surface area contributed by atoms with Gasteiger partial charge in [0.25, 0.3) is 5.70 Å². The maximum absolute atomic E-state index is 12.5. The Morgan fingerprint density at radius 3 is 2.19 bits per heavy atom. The van der Waals surface area contributed by atoms with Gasteiger partial charge in [0, 0.05) is 80.7 Å². The Hall–Kier alpha value is -6.51. The van der Waals surface area contributed by atoms with Crippen LogP contribution < -0.4 is 21.3 Å². The number of nitriles is 1. The summed E-state index contributed by atoms with van der Waals surface area (Å²) in [6.45, 7) is 8.83. The minimum absolute atomic E-state index is 0.00326. The summed E-state index contributed by atoms with van der Waals surface area (Å²) in [5, 5.41) is 26.5. The molecule has 0 fully saturated rings. The summed E-state index contributed by atoms with van der Waals surface area (Å²) in [6.07, 6.45) is 0. The highest BCUT2D eigenvalue weighted by Crippen LogP contribution is 2.58. The zero-order chi connectivity index (χ0) is 33.6. The van der Waals surface area contributed by atoms with Crippen LogP contribution in [0.4, 0.5) is 22.7 Å². The standard InChI is InChI=1S/C40H31N7O/c1-44-28(19-41)35-36(33-21-11-6-7-12-22(21)38(45(2)3)24-14-8-16-26(42)30(24)33)40(48)37(35)34-23-13-10-18-29-32(23)39(47(5)20-46(29)4)25-15-9-17-27(43)31(25)34/h6-18H,20,42-43H2,2-5H3/p+1/b35-28+. The van der Waals surface area contributed by atoms with Gasteiger partial charge >= 0.3 is 0 Å². The van der Waals surface area contributed by atoms with Crippen LogP contribution >= 0.6 is 0 Å². The number of fused-ring (bicyclic) bond motifs is 4. The third-order valence-corrected chi connectivity index (χ3v) is 9.80. The fourth-order valence-electron chi connectivity index (χ4n) is 8.01. The first kappa shape index (κ1) is 28.9. The Morgan fingerprint density at radius 2 is 1.46 bits per heavy atom. The smallest absolute Gasteiger partial charge is 0.270 e. The molecule has 5 N–H and O–H groups in total. The zero-order valence-electron chi connectivity index (χ0n) is 27.1. The van der Waals surface area contributed by atoms with Gasteiger partial charge in [-0.05, 0) is 41.3 Å². The molecule has 2 aliphatic carbocycles. The van der Waals surface area contributed by atoms with E-state index < -0.39 is 0 Å². The Labute approximate surface area is 278 Å². The number of hydrogen-bond donors (Lipinski definition) is 3. The average molecular weight is 627 g/mol. The summed E-state index contributed by atoms with van der Waals surface area (Å²) in [6, 6.07) is 27.9. The van der Waals surface area contributed by atoms with E-state index in [1.54, 1.807) is 0 Å². The fourth-order valence-corrected chi connectivity index (χ4v) is 8.01. The molecule has 3 aliphatic rings. The molecule has 0 aromatic heterocycles. The van der Waals surface area contributed by atoms with Crippen LogP contribution in [0.15, 0.2) is 101 Å². The number of aliphatic hydroxyl groups excluding tert-OH is 1. The highest BCUT2D eigenvalue weighted by atomic mass is 16.3. The Morgan fingerprint density at radius 1 is 0.792 bits per heavy atom. The molecule has 0 amide bonds. The van der Waals surface area contributed by atoms with Crippen LogP contribution in [-0.4, -0.2) is 50.3 Å². The van der Waals surface area contributed by atoms with Crippen molar-refractivity contribution in [3.8, 4) is 6.07 Å². The zero-order valence-corrected chi connectivity index (χ0v) is 27.1. The van der Waals surface area contributed by atoms with Crippen molar-refractivity contribution < 1.29 is 9.68 Å². The number of nitrogens with two attached hydrogens (primary N) is 2. The Balaban J connectivity index is 1.59. The van der Waals surface area contributed by atoms with Crippen LogP contribution in [0.3, 0.4) is 0 Å². The topological polar surface area (TPSA) is 110 Å². The molecule has 1 aliphatic heterocycles. The molecule has 5 aromatic carbocycles. The number of anilines is 4. The molecule has 0 bridgehead atoms. The monoisotopic (exact) mass is 626 g/mol. The minimum atomic E-state index is -0.112. The molecule has 8 heteroatoms. The summed E-state index contributed by atoms with van der Waals surface area (Å²) in [4.78, 5) is 8.12. The summed E-state index contributed by atoms with van der Waals surface area (Å²) in [7, 11) is 8.11. The van der Waals surface area contributed by atoms with Gasteiger partial charge in [-0.2, -0.15) is 0 Å². The highest BCUT2D eigenvalue weighted by molar-refractivity contribution is 6.28. The number of nitrogens with zero attached hydrogens (tertiary/aromatic N) is 5. The first-order valence-electron chi connectivity index (χ1n) is 15.6. The van der Waals surface area contributed by atoms with Gasteiger partial charge in [-0.1, -0.05) is 48.5 Å². The second kappa shape index (κ2) is 10.2. The SMILES string of the molecule is [C-]#[N+]/C(C#N)=C1C(c2c3cccc4c3c(c3cccc(N)c23)N(C)CN4C)=C(O)C/1=C1\c2ccccc2C(=[N+](C)C)c2cccc(N)c21. The lowest BCUT2D eigenvalue weighted by Crippen LogP contribution is -2.36. The number of allylic oxidation sites excluding steroid dienone is 3. The maximum atomic E-state index is 12.5. The second-order valence-electron chi connectivity index (χ2n) is 12.7. The average Bonchev–Trinajstić information content (AvgIpc) is 3.07. The molecule has 8 rings (SSSR count). The first-order chi connectivity index (χ1) is 23.2. The number of hydrogen-bond acceptors (Lipinski definition) is 6. The quantitative estimate of drug-likeness (QED) is 0.0602. The summed E-state index contributed by atoms with van der Waals surface area (Å²) < 4.78 is 2.06. The van der Waals surface area contributed by atoms with E-state index >= 15 is 0 Å². The maximum Gasteiger partial charge on any atom is 0.270 e. The van der Waals surface area contributed by atoms with E-state index in [0.717, 1.165) is 60.9 Å². The third kappa shape index (κ3) is 3.66. The summed E-state index contributed by atoms with van der Waals surface area (Å²) in [5.41, 5.74) is 23.8. The van der Waals surface area contributed by atoms with E-state index in [2.05, 4.69) is 57.6 Å². The van der Waals surface area contributed by atoms with Gasteiger partial charge in [0.15, 0.2) is 0 Å². The fraction of sp³-hybridized carbons (Fsp3) is 0.125. The van der Waals surface area contributed by atoms with Crippen LogP contribution in [-0.2, 0) is 0 Å². The van der Waals surface area contributed by atoms with Crippen LogP contribution in [0, 0.1) is 17.9 Å². The molecule has 0 spiro atoms. The number of aliphatic hydroxyl groups is 1. The van der Waals surface area contributed by atoms with Gasteiger partial charge in [-0.3, -0.25) is 0 Å². The van der Waals surface area contributed by atoms with E-state index in [-0.39, 0.29) is 11.5 Å². The Bertz CT molecular complexity index is 2520. The molecule has 0 unspecified atom stereocenters. The van der Waals surface area contributed by atoms with E-state index in [1.807, 2.05) is 74.8 Å². The second-order valence-corrected chi connectivity index (χ2v) is 12.7. The molecule has 48 heavy (non-hydrogen) atoms. The van der Waals surface area contributed by atoms with Crippen LogP contribution in [0.5, 0.6) is 0 Å². The number of nitrogen functional groups attached to an aromatic ring is 2. The van der Waals surface area contributed by atoms with E-state index in [1.165, 1.54) is 0 Å². The van der Waals surface area contributed by atoms with Gasteiger partial charge in [0.2, 0.25) is 5.71 Å². The van der Waals surface area contributed by atoms with Crippen LogP contribution in [0.2, 0.25) is 0 Å². The van der Waals surface area contributed by atoms with Gasteiger partial charge in [0.05, 0.1) is 36.1 Å². The largest absolute Gasteiger partial charge is 0.507 e. The van der Waals surface area contributed by atoms with Crippen molar-refractivity contribution in [2.75, 3.05) is 56.1 Å². The molecule has 232 valence electrons. The molecule has 0 saturated heterocycles. The van der Waals surface area contributed by atoms with Gasteiger partial charge in [-0.25, -0.2) is 14.7 Å². The summed E-state index contributed by atoms with van der Waals surface area (Å²) >= 11 is 0. The van der Waals surface area contributed by atoms with Crippen LogP contribution in [0.1, 0.15) is 27.8 Å². The predicted molar refractivity (Wildman–Crippen MR) is 195 cm³/mol. The van der Waals surface area contributed by atoms with Gasteiger partial charge in [0.1, 0.15) is 19.9 Å². The lowest BCUT2D eigenvalue weighted by atomic mass is 9.68.